The molecule has 2 aliphatic heterocycles. The maximum absolute atomic E-state index is 12.1. The lowest BCUT2D eigenvalue weighted by molar-refractivity contribution is -0.191. The highest BCUT2D eigenvalue weighted by atomic mass is 79.9. The van der Waals surface area contributed by atoms with E-state index in [2.05, 4.69) is 65.9 Å². The largest absolute Gasteiger partial charge is 0.492 e. The molecule has 1 saturated heterocycles. The van der Waals surface area contributed by atoms with Crippen molar-refractivity contribution in [3.63, 3.8) is 0 Å². The van der Waals surface area contributed by atoms with Crippen LogP contribution in [0.3, 0.4) is 0 Å². The van der Waals surface area contributed by atoms with Gasteiger partial charge < -0.3 is 14.4 Å². The van der Waals surface area contributed by atoms with Crippen molar-refractivity contribution >= 4 is 27.9 Å². The molecule has 0 atom stereocenters. The van der Waals surface area contributed by atoms with Gasteiger partial charge in [0, 0.05) is 13.0 Å². The Morgan fingerprint density at radius 3 is 2.41 bits per heavy atom. The molecule has 7 heteroatoms. The zero-order valence-electron chi connectivity index (χ0n) is 22.4. The van der Waals surface area contributed by atoms with Crippen LogP contribution in [0, 0.1) is 5.92 Å². The molecule has 0 amide bonds. The highest BCUT2D eigenvalue weighted by Crippen LogP contribution is 2.30. The van der Waals surface area contributed by atoms with Crippen LogP contribution in [-0.2, 0) is 22.4 Å². The predicted octanol–water partition coefficient (Wildman–Crippen LogP) is 6.53. The van der Waals surface area contributed by atoms with E-state index in [0.29, 0.717) is 13.0 Å². The summed E-state index contributed by atoms with van der Waals surface area (Å²) in [5.74, 6) is 2.65. The van der Waals surface area contributed by atoms with Gasteiger partial charge in [-0.05, 0) is 102 Å². The van der Waals surface area contributed by atoms with E-state index < -0.39 is 0 Å². The van der Waals surface area contributed by atoms with Gasteiger partial charge in [0.05, 0.1) is 23.2 Å². The molecule has 0 N–H and O–H groups in total. The van der Waals surface area contributed by atoms with Gasteiger partial charge in [0.1, 0.15) is 11.5 Å². The topological polar surface area (TPSA) is 72.9 Å². The average Bonchev–Trinajstić information content (AvgIpc) is 2.90. The first-order chi connectivity index (χ1) is 17.9. The Balaban J connectivity index is 0.000000733. The number of piperidine rings is 1. The smallest absolute Gasteiger partial charge is 0.373 e. The van der Waals surface area contributed by atoms with Crippen molar-refractivity contribution in [2.45, 2.75) is 65.7 Å². The molecule has 6 nitrogen and oxygen atoms in total. The number of ketones is 1. The number of hydrogen-bond acceptors (Lipinski definition) is 6. The van der Waals surface area contributed by atoms with Crippen LogP contribution in [0.2, 0.25) is 0 Å². The monoisotopic (exact) mass is 573 g/mol. The molecular weight excluding hydrogens is 534 g/mol. The van der Waals surface area contributed by atoms with Gasteiger partial charge in [-0.2, -0.15) is 9.59 Å². The lowest BCUT2D eigenvalue weighted by atomic mass is 9.90. The van der Waals surface area contributed by atoms with E-state index in [4.69, 9.17) is 19.1 Å². The number of likely N-dealkylation sites (tertiary alicyclic amines) is 1. The summed E-state index contributed by atoms with van der Waals surface area (Å²) in [6, 6.07) is 12.6. The van der Waals surface area contributed by atoms with Crippen LogP contribution in [0.1, 0.15) is 74.4 Å². The summed E-state index contributed by atoms with van der Waals surface area (Å²) >= 11 is 3.60. The molecule has 0 spiro atoms. The van der Waals surface area contributed by atoms with Gasteiger partial charge in [-0.3, -0.25) is 4.79 Å². The van der Waals surface area contributed by atoms with Gasteiger partial charge in [0.2, 0.25) is 0 Å². The Morgan fingerprint density at radius 2 is 1.73 bits per heavy atom. The van der Waals surface area contributed by atoms with Crippen LogP contribution >= 0.6 is 15.9 Å². The van der Waals surface area contributed by atoms with Crippen molar-refractivity contribution in [1.29, 1.82) is 0 Å². The maximum atomic E-state index is 12.1. The number of ether oxygens (including phenoxy) is 2. The molecule has 0 unspecified atom stereocenters. The van der Waals surface area contributed by atoms with Crippen LogP contribution in [0.25, 0.3) is 0 Å². The van der Waals surface area contributed by atoms with Crippen LogP contribution in [0.5, 0.6) is 11.5 Å². The van der Waals surface area contributed by atoms with Crippen molar-refractivity contribution in [3.05, 3.63) is 57.6 Å². The molecule has 1 fully saturated rings. The third-order valence-electron chi connectivity index (χ3n) is 6.34. The molecule has 0 radical (unpaired) electrons. The van der Waals surface area contributed by atoms with Crippen LogP contribution in [0.4, 0.5) is 0 Å². The van der Waals surface area contributed by atoms with E-state index in [9.17, 15) is 4.79 Å². The number of hydrogen-bond donors (Lipinski definition) is 0. The van der Waals surface area contributed by atoms with Gasteiger partial charge in [-0.25, -0.2) is 0 Å². The van der Waals surface area contributed by atoms with Gasteiger partial charge >= 0.3 is 6.15 Å². The summed E-state index contributed by atoms with van der Waals surface area (Å²) in [7, 11) is 0. The third-order valence-corrected chi connectivity index (χ3v) is 6.99. The third kappa shape index (κ3) is 10.4. The minimum atomic E-state index is 0.208. The molecule has 2 heterocycles. The molecular formula is C30H40BrNO5. The highest BCUT2D eigenvalue weighted by Gasteiger charge is 2.21. The first kappa shape index (κ1) is 30.8. The number of carbonyl (C=O) groups excluding carboxylic acids is 3. The Labute approximate surface area is 229 Å². The van der Waals surface area contributed by atoms with Crippen molar-refractivity contribution < 1.29 is 23.9 Å². The van der Waals surface area contributed by atoms with Gasteiger partial charge in [0.25, 0.3) is 0 Å². The van der Waals surface area contributed by atoms with E-state index in [0.717, 1.165) is 73.0 Å². The summed E-state index contributed by atoms with van der Waals surface area (Å²) < 4.78 is 12.5. The lowest BCUT2D eigenvalue weighted by Crippen LogP contribution is -2.35. The molecule has 0 bridgehead atoms. The fourth-order valence-electron chi connectivity index (χ4n) is 4.50. The fraction of sp³-hybridized carbons (Fsp3) is 0.533. The molecule has 4 rings (SSSR count). The molecule has 2 aliphatic rings. The minimum Gasteiger partial charge on any atom is -0.492 e. The minimum absolute atomic E-state index is 0.208. The summed E-state index contributed by atoms with van der Waals surface area (Å²) in [4.78, 5) is 30.9. The molecule has 2 aromatic carbocycles. The van der Waals surface area contributed by atoms with E-state index in [1.54, 1.807) is 0 Å². The zero-order valence-corrected chi connectivity index (χ0v) is 24.0. The summed E-state index contributed by atoms with van der Waals surface area (Å²) in [5, 5.41) is 0. The highest BCUT2D eigenvalue weighted by molar-refractivity contribution is 9.10. The van der Waals surface area contributed by atoms with Crippen LogP contribution in [-0.4, -0.2) is 49.7 Å². The van der Waals surface area contributed by atoms with Gasteiger partial charge in [-0.15, -0.1) is 0 Å². The first-order valence-corrected chi connectivity index (χ1v) is 14.2. The molecule has 202 valence electrons. The van der Waals surface area contributed by atoms with Crippen LogP contribution in [0.15, 0.2) is 40.9 Å². The number of fused-ring (bicyclic) bond motifs is 1. The van der Waals surface area contributed by atoms with E-state index in [1.165, 1.54) is 30.4 Å². The molecule has 37 heavy (non-hydrogen) atoms. The fourth-order valence-corrected chi connectivity index (χ4v) is 4.86. The molecule has 0 aliphatic carbocycles. The van der Waals surface area contributed by atoms with Crippen molar-refractivity contribution in [2.24, 2.45) is 5.92 Å². The summed E-state index contributed by atoms with van der Waals surface area (Å²) in [6.45, 7) is 11.0. The van der Waals surface area contributed by atoms with Crippen molar-refractivity contribution in [2.75, 3.05) is 32.8 Å². The molecule has 0 aromatic heterocycles. The standard InChI is InChI=1S/C26H32BrNO3.C3H8.CO2/c1-2-14-30-26-18-21(3-5-23(26)27)16-20-8-12-28(13-9-20)11-7-19-4-6-25-22(17-19)24(29)10-15-31-25;1-3-2;2-1-3/h3-6,17-18,20H,2,7-16H2,1H3;3H2,1-2H3;. The number of nitrogens with zero attached hydrogens (tertiary/aromatic N) is 1. The number of Topliss-reactive ketones (excluding diaryl/α,β-unsaturated/α-hetero) is 1. The van der Waals surface area contributed by atoms with Crippen molar-refractivity contribution in [3.8, 4) is 11.5 Å². The normalized spacial score (nSPS) is 15.2. The van der Waals surface area contributed by atoms with E-state index in [1.807, 2.05) is 12.1 Å². The SMILES string of the molecule is CCC.CCCOc1cc(CC2CCN(CCc3ccc4c(c3)C(=O)CCO4)CC2)ccc1Br.O=C=O. The first-order valence-electron chi connectivity index (χ1n) is 13.4. The number of carbonyl (C=O) groups is 1. The Hall–Kier alpha value is -2.47. The number of halogens is 1. The molecule has 2 aromatic rings. The second-order valence-corrected chi connectivity index (χ2v) is 10.3. The quantitative estimate of drug-likeness (QED) is 0.357. The molecule has 0 saturated carbocycles. The zero-order chi connectivity index (χ0) is 27.0. The van der Waals surface area contributed by atoms with Gasteiger partial charge in [0.15, 0.2) is 5.78 Å². The summed E-state index contributed by atoms with van der Waals surface area (Å²) in [5.41, 5.74) is 3.36. The van der Waals surface area contributed by atoms with Gasteiger partial charge in [-0.1, -0.05) is 39.3 Å². The van der Waals surface area contributed by atoms with Crippen molar-refractivity contribution in [1.82, 2.24) is 4.90 Å². The summed E-state index contributed by atoms with van der Waals surface area (Å²) in [6.07, 6.45) is 7.58. The average molecular weight is 575 g/mol. The maximum Gasteiger partial charge on any atom is 0.373 e. The number of benzene rings is 2. The Morgan fingerprint density at radius 1 is 1.05 bits per heavy atom. The Kier molecular flexibility index (Phi) is 14.2. The predicted molar refractivity (Wildman–Crippen MR) is 148 cm³/mol. The second kappa shape index (κ2) is 17.1. The number of rotatable bonds is 8. The Bertz CT molecular complexity index is 1010. The lowest BCUT2D eigenvalue weighted by Gasteiger charge is -2.32. The van der Waals surface area contributed by atoms with Crippen LogP contribution < -0.4 is 9.47 Å². The van der Waals surface area contributed by atoms with E-state index in [-0.39, 0.29) is 11.9 Å². The second-order valence-electron chi connectivity index (χ2n) is 9.49. The van der Waals surface area contributed by atoms with E-state index >= 15 is 0 Å².